The van der Waals surface area contributed by atoms with Crippen LogP contribution in [0.2, 0.25) is 0 Å². The van der Waals surface area contributed by atoms with Gasteiger partial charge in [0.15, 0.2) is 5.11 Å². The average Bonchev–Trinajstić information content (AvgIpc) is 3.51. The molecule has 146 valence electrons. The number of benzene rings is 2. The van der Waals surface area contributed by atoms with Crippen LogP contribution in [0.4, 0.5) is 11.4 Å². The predicted octanol–water partition coefficient (Wildman–Crippen LogP) is 3.87. The fourth-order valence-electron chi connectivity index (χ4n) is 2.68. The van der Waals surface area contributed by atoms with Gasteiger partial charge in [0, 0.05) is 22.9 Å². The molecule has 0 spiro atoms. The van der Waals surface area contributed by atoms with Crippen molar-refractivity contribution in [3.8, 4) is 5.75 Å². The Morgan fingerprint density at radius 2 is 1.71 bits per heavy atom. The molecule has 1 aliphatic rings. The number of amides is 2. The second-order valence-corrected chi connectivity index (χ2v) is 7.02. The van der Waals surface area contributed by atoms with Crippen molar-refractivity contribution in [1.82, 2.24) is 5.32 Å². The average molecular weight is 398 g/mol. The van der Waals surface area contributed by atoms with Gasteiger partial charge in [-0.15, -0.1) is 0 Å². The smallest absolute Gasteiger partial charge is 0.257 e. The summed E-state index contributed by atoms with van der Waals surface area (Å²) in [7, 11) is 0. The third-order valence-electron chi connectivity index (χ3n) is 4.44. The summed E-state index contributed by atoms with van der Waals surface area (Å²) in [6, 6.07) is 12.4. The number of nitrogens with one attached hydrogen (secondary N) is 3. The minimum Gasteiger partial charge on any atom is -0.494 e. The Bertz CT molecular complexity index is 892. The van der Waals surface area contributed by atoms with Crippen LogP contribution in [0.15, 0.2) is 42.5 Å². The molecule has 28 heavy (non-hydrogen) atoms. The highest BCUT2D eigenvalue weighted by Crippen LogP contribution is 2.31. The van der Waals surface area contributed by atoms with E-state index in [-0.39, 0.29) is 22.8 Å². The van der Waals surface area contributed by atoms with Crippen molar-refractivity contribution in [2.75, 3.05) is 17.2 Å². The van der Waals surface area contributed by atoms with E-state index in [1.165, 1.54) is 0 Å². The summed E-state index contributed by atoms with van der Waals surface area (Å²) in [6.45, 7) is 4.36. The van der Waals surface area contributed by atoms with Gasteiger partial charge in [-0.25, -0.2) is 0 Å². The van der Waals surface area contributed by atoms with Crippen molar-refractivity contribution in [2.45, 2.75) is 26.7 Å². The van der Waals surface area contributed by atoms with Gasteiger partial charge in [0.25, 0.3) is 5.91 Å². The monoisotopic (exact) mass is 397 g/mol. The summed E-state index contributed by atoms with van der Waals surface area (Å²) in [5, 5.41) is 8.82. The minimum absolute atomic E-state index is 0.0478. The van der Waals surface area contributed by atoms with Gasteiger partial charge in [-0.05, 0) is 80.9 Å². The van der Waals surface area contributed by atoms with Gasteiger partial charge in [-0.1, -0.05) is 6.07 Å². The molecule has 0 heterocycles. The van der Waals surface area contributed by atoms with Crippen LogP contribution in [0.5, 0.6) is 5.75 Å². The number of ether oxygens (including phenoxy) is 1. The summed E-state index contributed by atoms with van der Waals surface area (Å²) in [6.07, 6.45) is 1.90. The lowest BCUT2D eigenvalue weighted by Gasteiger charge is -2.15. The third kappa shape index (κ3) is 5.07. The Kier molecular flexibility index (Phi) is 6.26. The van der Waals surface area contributed by atoms with Gasteiger partial charge in [-0.2, -0.15) is 0 Å². The van der Waals surface area contributed by atoms with E-state index in [1.54, 1.807) is 24.3 Å². The molecule has 0 atom stereocenters. The highest BCUT2D eigenvalue weighted by atomic mass is 32.1. The van der Waals surface area contributed by atoms with Gasteiger partial charge < -0.3 is 15.4 Å². The third-order valence-corrected chi connectivity index (χ3v) is 4.65. The van der Waals surface area contributed by atoms with Crippen LogP contribution in [0, 0.1) is 12.8 Å². The first-order valence-electron chi connectivity index (χ1n) is 9.23. The van der Waals surface area contributed by atoms with Crippen LogP contribution in [0.1, 0.15) is 35.7 Å². The molecule has 0 saturated heterocycles. The van der Waals surface area contributed by atoms with Gasteiger partial charge in [-0.3, -0.25) is 14.9 Å². The molecule has 3 N–H and O–H groups in total. The molecule has 2 aromatic rings. The molecular formula is C21H23N3O3S. The largest absolute Gasteiger partial charge is 0.494 e. The predicted molar refractivity (Wildman–Crippen MR) is 114 cm³/mol. The first-order chi connectivity index (χ1) is 13.5. The van der Waals surface area contributed by atoms with Crippen LogP contribution in [0.25, 0.3) is 0 Å². The standard InChI is InChI=1S/C21H23N3O3S/c1-3-27-16-11-9-15(10-12-16)20(26)24-21(28)23-18-6-4-5-17(13(18)2)22-19(25)14-7-8-14/h4-6,9-12,14H,3,7-8H2,1-2H3,(H,22,25)(H2,23,24,26,28). The van der Waals surface area contributed by atoms with Crippen molar-refractivity contribution in [3.05, 3.63) is 53.6 Å². The summed E-state index contributed by atoms with van der Waals surface area (Å²) in [5.41, 5.74) is 2.80. The van der Waals surface area contributed by atoms with E-state index in [9.17, 15) is 9.59 Å². The second-order valence-electron chi connectivity index (χ2n) is 6.61. The topological polar surface area (TPSA) is 79.5 Å². The fourth-order valence-corrected chi connectivity index (χ4v) is 2.89. The molecule has 6 nitrogen and oxygen atoms in total. The molecule has 3 rings (SSSR count). The van der Waals surface area contributed by atoms with E-state index in [4.69, 9.17) is 17.0 Å². The summed E-state index contributed by atoms with van der Waals surface area (Å²) >= 11 is 5.27. The van der Waals surface area contributed by atoms with Crippen LogP contribution in [-0.4, -0.2) is 23.5 Å². The summed E-state index contributed by atoms with van der Waals surface area (Å²) in [5.74, 6) is 0.578. The van der Waals surface area contributed by atoms with E-state index in [1.807, 2.05) is 32.0 Å². The lowest BCUT2D eigenvalue weighted by atomic mass is 10.1. The highest BCUT2D eigenvalue weighted by Gasteiger charge is 2.29. The minimum atomic E-state index is -0.309. The maximum Gasteiger partial charge on any atom is 0.257 e. The van der Waals surface area contributed by atoms with Crippen molar-refractivity contribution in [1.29, 1.82) is 0 Å². The number of carbonyl (C=O) groups excluding carboxylic acids is 2. The van der Waals surface area contributed by atoms with E-state index in [0.717, 1.165) is 29.8 Å². The van der Waals surface area contributed by atoms with Gasteiger partial charge in [0.1, 0.15) is 5.75 Å². The van der Waals surface area contributed by atoms with Crippen molar-refractivity contribution < 1.29 is 14.3 Å². The molecule has 0 aliphatic heterocycles. The lowest BCUT2D eigenvalue weighted by molar-refractivity contribution is -0.117. The van der Waals surface area contributed by atoms with E-state index in [2.05, 4.69) is 16.0 Å². The quantitative estimate of drug-likeness (QED) is 0.645. The summed E-state index contributed by atoms with van der Waals surface area (Å²) < 4.78 is 5.37. The number of anilines is 2. The van der Waals surface area contributed by atoms with Gasteiger partial charge in [0.2, 0.25) is 5.91 Å². The molecule has 0 aromatic heterocycles. The van der Waals surface area contributed by atoms with Gasteiger partial charge in [0.05, 0.1) is 6.61 Å². The molecule has 2 aromatic carbocycles. The molecule has 0 bridgehead atoms. The van der Waals surface area contributed by atoms with E-state index >= 15 is 0 Å². The SMILES string of the molecule is CCOc1ccc(C(=O)NC(=S)Nc2cccc(NC(=O)C3CC3)c2C)cc1. The molecule has 1 saturated carbocycles. The first kappa shape index (κ1) is 19.8. The first-order valence-corrected chi connectivity index (χ1v) is 9.64. The zero-order valence-corrected chi connectivity index (χ0v) is 16.7. The Morgan fingerprint density at radius 3 is 2.32 bits per heavy atom. The van der Waals surface area contributed by atoms with E-state index < -0.39 is 0 Å². The Labute approximate surface area is 169 Å². The number of rotatable bonds is 6. The molecule has 7 heteroatoms. The maximum absolute atomic E-state index is 12.4. The normalized spacial score (nSPS) is 12.8. The number of hydrogen-bond acceptors (Lipinski definition) is 4. The van der Waals surface area contributed by atoms with Crippen LogP contribution < -0.4 is 20.7 Å². The van der Waals surface area contributed by atoms with Crippen LogP contribution in [-0.2, 0) is 4.79 Å². The van der Waals surface area contributed by atoms with Crippen molar-refractivity contribution in [3.63, 3.8) is 0 Å². The van der Waals surface area contributed by atoms with Gasteiger partial charge >= 0.3 is 0 Å². The maximum atomic E-state index is 12.4. The molecule has 1 aliphatic carbocycles. The van der Waals surface area contributed by atoms with Crippen molar-refractivity contribution in [2.24, 2.45) is 5.92 Å². The zero-order chi connectivity index (χ0) is 20.1. The fraction of sp³-hybridized carbons (Fsp3) is 0.286. The number of hydrogen-bond donors (Lipinski definition) is 3. The molecule has 1 fully saturated rings. The number of thiocarbonyl (C=S) groups is 1. The molecular weight excluding hydrogens is 374 g/mol. The van der Waals surface area contributed by atoms with Crippen molar-refractivity contribution >= 4 is 40.5 Å². The Morgan fingerprint density at radius 1 is 1.07 bits per heavy atom. The highest BCUT2D eigenvalue weighted by molar-refractivity contribution is 7.80. The van der Waals surface area contributed by atoms with E-state index in [0.29, 0.717) is 17.9 Å². The zero-order valence-electron chi connectivity index (χ0n) is 15.9. The number of carbonyl (C=O) groups is 2. The van der Waals surface area contributed by atoms with Crippen LogP contribution >= 0.6 is 12.2 Å². The van der Waals surface area contributed by atoms with Crippen LogP contribution in [0.3, 0.4) is 0 Å². The Hall–Kier alpha value is -2.93. The Balaban J connectivity index is 1.60. The second kappa shape index (κ2) is 8.84. The molecule has 0 radical (unpaired) electrons. The summed E-state index contributed by atoms with van der Waals surface area (Å²) in [4.78, 5) is 24.4. The molecule has 0 unspecified atom stereocenters. The lowest BCUT2D eigenvalue weighted by Crippen LogP contribution is -2.34. The molecule has 2 amide bonds.